The van der Waals surface area contributed by atoms with Gasteiger partial charge in [0.15, 0.2) is 0 Å². The number of carbonyl (C=O) groups is 2. The molecule has 12 heteroatoms. The van der Waals surface area contributed by atoms with Gasteiger partial charge in [0.1, 0.15) is 18.0 Å². The Bertz CT molecular complexity index is 763. The standard InChI is InChI=1S/C28H55NO4S2.C5H9N3O.C4H10O.C2H6/c1-3-5-6-7-8-9-10-11-12-13-14-15-16-17-22-34-35-23-19-28(30)29-20-18-21-33-27-25-31-24-26(27)32-4-2;1-7-3-2-5(6)8-4-9;1-3-4-5-2;1-2/h26-27H,3-25H2,1-2H3,(H,29,30);2-4,7H,1H3,(H2,6,8,9);3-4H2,1-2H3;1-2H3/b;3-2-;;. The van der Waals surface area contributed by atoms with Crippen LogP contribution in [0.5, 0.6) is 0 Å². The van der Waals surface area contributed by atoms with Gasteiger partial charge in [0.25, 0.3) is 0 Å². The molecule has 0 bridgehead atoms. The van der Waals surface area contributed by atoms with E-state index in [-0.39, 0.29) is 24.0 Å². The van der Waals surface area contributed by atoms with E-state index in [0.717, 1.165) is 25.2 Å². The van der Waals surface area contributed by atoms with Gasteiger partial charge in [-0.1, -0.05) is 133 Å². The molecule has 0 aromatic heterocycles. The highest BCUT2D eigenvalue weighted by Gasteiger charge is 2.29. The van der Waals surface area contributed by atoms with Crippen LogP contribution in [0.25, 0.3) is 0 Å². The molecular formula is C39H80N4O6S2. The maximum absolute atomic E-state index is 12.0. The highest BCUT2D eigenvalue weighted by Crippen LogP contribution is 2.24. The van der Waals surface area contributed by atoms with Crippen molar-refractivity contribution in [1.29, 1.82) is 0 Å². The number of nitrogens with two attached hydrogens (primary N) is 1. The van der Waals surface area contributed by atoms with Gasteiger partial charge < -0.3 is 35.3 Å². The van der Waals surface area contributed by atoms with Crippen LogP contribution in [0.1, 0.15) is 144 Å². The molecule has 0 aliphatic carbocycles. The number of carbonyl (C=O) groups excluding carboxylic acids is 2. The van der Waals surface area contributed by atoms with Gasteiger partial charge in [0.2, 0.25) is 12.3 Å². The number of methoxy groups -OCH3 is 1. The summed E-state index contributed by atoms with van der Waals surface area (Å²) in [4.78, 5) is 24.9. The van der Waals surface area contributed by atoms with Gasteiger partial charge >= 0.3 is 0 Å². The Labute approximate surface area is 322 Å². The molecule has 4 N–H and O–H groups in total. The summed E-state index contributed by atoms with van der Waals surface area (Å²) < 4.78 is 21.6. The number of unbranched alkanes of at least 4 members (excludes halogenated alkanes) is 13. The van der Waals surface area contributed by atoms with E-state index in [4.69, 9.17) is 24.7 Å². The van der Waals surface area contributed by atoms with E-state index in [1.54, 1.807) is 20.4 Å². The average molecular weight is 765 g/mol. The Morgan fingerprint density at radius 1 is 0.804 bits per heavy atom. The Kier molecular flexibility index (Phi) is 51.6. The molecule has 1 rings (SSSR count). The van der Waals surface area contributed by atoms with E-state index in [1.165, 1.54) is 102 Å². The number of amidine groups is 1. The molecule has 0 aromatic rings. The highest BCUT2D eigenvalue weighted by atomic mass is 33.1. The van der Waals surface area contributed by atoms with Crippen molar-refractivity contribution in [2.75, 3.05) is 65.2 Å². The second-order valence-corrected chi connectivity index (χ2v) is 14.6. The summed E-state index contributed by atoms with van der Waals surface area (Å²) in [5.41, 5.74) is 5.16. The Morgan fingerprint density at radius 2 is 1.35 bits per heavy atom. The molecule has 1 aliphatic heterocycles. The molecule has 0 aromatic carbocycles. The summed E-state index contributed by atoms with van der Waals surface area (Å²) in [6, 6.07) is 0. The Hall–Kier alpha value is -1.31. The summed E-state index contributed by atoms with van der Waals surface area (Å²) in [5.74, 6) is 2.43. The van der Waals surface area contributed by atoms with Crippen LogP contribution in [-0.2, 0) is 28.5 Å². The van der Waals surface area contributed by atoms with E-state index >= 15 is 0 Å². The fraction of sp³-hybridized carbons (Fsp3) is 0.872. The van der Waals surface area contributed by atoms with Gasteiger partial charge in [0.05, 0.1) is 13.2 Å². The van der Waals surface area contributed by atoms with Crippen LogP contribution in [0, 0.1) is 0 Å². The smallest absolute Gasteiger partial charge is 0.234 e. The molecule has 2 atom stereocenters. The van der Waals surface area contributed by atoms with Crippen molar-refractivity contribution >= 4 is 39.7 Å². The molecule has 1 fully saturated rings. The highest BCUT2D eigenvalue weighted by molar-refractivity contribution is 8.76. The number of nitrogens with one attached hydrogen (secondary N) is 2. The molecule has 0 spiro atoms. The first-order valence-corrected chi connectivity index (χ1v) is 22.4. The van der Waals surface area contributed by atoms with Crippen molar-refractivity contribution in [3.63, 3.8) is 0 Å². The molecule has 51 heavy (non-hydrogen) atoms. The number of hydrogen-bond donors (Lipinski definition) is 3. The van der Waals surface area contributed by atoms with Crippen LogP contribution in [0.2, 0.25) is 0 Å². The average Bonchev–Trinajstić information content (AvgIpc) is 3.58. The van der Waals surface area contributed by atoms with Crippen LogP contribution >= 0.6 is 21.6 Å². The Morgan fingerprint density at radius 3 is 1.84 bits per heavy atom. The minimum atomic E-state index is 0.0267. The van der Waals surface area contributed by atoms with Gasteiger partial charge in [-0.15, -0.1) is 0 Å². The van der Waals surface area contributed by atoms with E-state index in [2.05, 4.69) is 29.5 Å². The van der Waals surface area contributed by atoms with Gasteiger partial charge in [-0.05, 0) is 38.5 Å². The van der Waals surface area contributed by atoms with E-state index in [0.29, 0.717) is 45.8 Å². The first-order valence-electron chi connectivity index (χ1n) is 19.9. The van der Waals surface area contributed by atoms with Crippen molar-refractivity contribution in [2.24, 2.45) is 10.7 Å². The third kappa shape index (κ3) is 44.8. The van der Waals surface area contributed by atoms with Crippen LogP contribution in [-0.4, -0.2) is 95.6 Å². The lowest BCUT2D eigenvalue weighted by Crippen LogP contribution is -2.31. The van der Waals surface area contributed by atoms with Crippen molar-refractivity contribution < 1.29 is 28.5 Å². The first kappa shape index (κ1) is 54.0. The largest absolute Gasteiger partial charge is 0.394 e. The van der Waals surface area contributed by atoms with Crippen molar-refractivity contribution in [2.45, 2.75) is 156 Å². The zero-order valence-corrected chi connectivity index (χ0v) is 35.5. The predicted molar refractivity (Wildman–Crippen MR) is 223 cm³/mol. The van der Waals surface area contributed by atoms with Crippen molar-refractivity contribution in [3.05, 3.63) is 12.3 Å². The molecule has 10 nitrogen and oxygen atoms in total. The third-order valence-corrected chi connectivity index (χ3v) is 9.94. The minimum Gasteiger partial charge on any atom is -0.394 e. The van der Waals surface area contributed by atoms with Gasteiger partial charge in [0, 0.05) is 58.4 Å². The molecule has 1 aliphatic rings. The second kappa shape index (κ2) is 48.7. The zero-order chi connectivity index (χ0) is 38.5. The Balaban J connectivity index is -0.00000119. The maximum Gasteiger partial charge on any atom is 0.234 e. The van der Waals surface area contributed by atoms with Crippen LogP contribution < -0.4 is 16.4 Å². The molecule has 1 saturated heterocycles. The topological polar surface area (TPSA) is 134 Å². The fourth-order valence-corrected chi connectivity index (χ4v) is 6.88. The molecule has 0 saturated carbocycles. The summed E-state index contributed by atoms with van der Waals surface area (Å²) in [6.07, 6.45) is 25.8. The van der Waals surface area contributed by atoms with Gasteiger partial charge in [-0.25, -0.2) is 0 Å². The summed E-state index contributed by atoms with van der Waals surface area (Å²) >= 11 is 0. The summed E-state index contributed by atoms with van der Waals surface area (Å²) in [6.45, 7) is 14.4. The number of rotatable bonds is 31. The predicted octanol–water partition coefficient (Wildman–Crippen LogP) is 8.87. The molecule has 2 amide bonds. The molecule has 0 radical (unpaired) electrons. The number of aliphatic imine (C=N–C) groups is 1. The number of ether oxygens (including phenoxy) is 4. The second-order valence-electron chi connectivity index (χ2n) is 11.9. The van der Waals surface area contributed by atoms with E-state index < -0.39 is 0 Å². The monoisotopic (exact) mass is 765 g/mol. The van der Waals surface area contributed by atoms with Gasteiger partial charge in [-0.3, -0.25) is 9.59 Å². The lowest BCUT2D eigenvalue weighted by atomic mass is 10.0. The molecule has 2 unspecified atom stereocenters. The van der Waals surface area contributed by atoms with Crippen LogP contribution in [0.15, 0.2) is 17.3 Å². The summed E-state index contributed by atoms with van der Waals surface area (Å²) in [7, 11) is 7.20. The fourth-order valence-electron chi connectivity index (χ4n) is 4.75. The van der Waals surface area contributed by atoms with E-state index in [9.17, 15) is 9.59 Å². The SMILES string of the molecule is CC.CCCCCCCCCCCCCCCCSSCCC(=O)NCCCOC1COCC1OCC.CCCOC.CN/C=C\C(N)=NC=O. The van der Waals surface area contributed by atoms with Crippen LogP contribution in [0.3, 0.4) is 0 Å². The lowest BCUT2D eigenvalue weighted by Gasteiger charge is -2.18. The van der Waals surface area contributed by atoms with Crippen LogP contribution in [0.4, 0.5) is 0 Å². The van der Waals surface area contributed by atoms with Crippen molar-refractivity contribution in [1.82, 2.24) is 10.6 Å². The first-order chi connectivity index (χ1) is 25.0. The number of hydrogen-bond acceptors (Lipinski definition) is 9. The third-order valence-electron chi connectivity index (χ3n) is 7.44. The molecule has 1 heterocycles. The molecular weight excluding hydrogens is 685 g/mol. The van der Waals surface area contributed by atoms with Crippen molar-refractivity contribution in [3.8, 4) is 0 Å². The zero-order valence-electron chi connectivity index (χ0n) is 33.9. The number of amides is 2. The minimum absolute atomic E-state index is 0.0267. The van der Waals surface area contributed by atoms with Gasteiger partial charge in [-0.2, -0.15) is 4.99 Å². The number of nitrogens with zero attached hydrogens (tertiary/aromatic N) is 1. The lowest BCUT2D eigenvalue weighted by molar-refractivity contribution is -0.120. The maximum atomic E-state index is 12.0. The quantitative estimate of drug-likeness (QED) is 0.0207. The summed E-state index contributed by atoms with van der Waals surface area (Å²) in [5, 5.41) is 5.70. The van der Waals surface area contributed by atoms with E-state index in [1.807, 2.05) is 42.4 Å². The molecule has 304 valence electrons. The normalized spacial score (nSPS) is 15.2.